The quantitative estimate of drug-likeness (QED) is 0.743. The standard InChI is InChI=1S/C6H5F3N4O/c7-6(8,9)4(14)2-13-3-11-5(1-10)12-13/h3-4,14H,2H2. The normalized spacial score (nSPS) is 13.6. The second kappa shape index (κ2) is 3.63. The van der Waals surface area contributed by atoms with Gasteiger partial charge < -0.3 is 5.11 Å². The zero-order valence-corrected chi connectivity index (χ0v) is 6.73. The van der Waals surface area contributed by atoms with Crippen LogP contribution in [0, 0.1) is 11.3 Å². The molecule has 0 radical (unpaired) electrons. The van der Waals surface area contributed by atoms with Crippen molar-refractivity contribution in [1.29, 1.82) is 5.26 Å². The fourth-order valence-corrected chi connectivity index (χ4v) is 0.715. The van der Waals surface area contributed by atoms with Gasteiger partial charge in [-0.1, -0.05) is 0 Å². The second-order valence-electron chi connectivity index (χ2n) is 2.46. The molecule has 8 heteroatoms. The number of hydrogen-bond donors (Lipinski definition) is 1. The van der Waals surface area contributed by atoms with Crippen molar-refractivity contribution in [2.45, 2.75) is 18.8 Å². The maximum absolute atomic E-state index is 11.8. The van der Waals surface area contributed by atoms with Gasteiger partial charge in [0.1, 0.15) is 12.4 Å². The highest BCUT2D eigenvalue weighted by atomic mass is 19.4. The van der Waals surface area contributed by atoms with Crippen LogP contribution in [0.2, 0.25) is 0 Å². The monoisotopic (exact) mass is 206 g/mol. The first kappa shape index (κ1) is 10.5. The van der Waals surface area contributed by atoms with Crippen molar-refractivity contribution in [3.8, 4) is 6.07 Å². The van der Waals surface area contributed by atoms with Crippen molar-refractivity contribution in [3.63, 3.8) is 0 Å². The maximum atomic E-state index is 11.8. The third-order valence-electron chi connectivity index (χ3n) is 1.37. The van der Waals surface area contributed by atoms with E-state index in [1.807, 2.05) is 0 Å². The third-order valence-corrected chi connectivity index (χ3v) is 1.37. The van der Waals surface area contributed by atoms with Gasteiger partial charge in [-0.15, -0.1) is 5.10 Å². The number of aliphatic hydroxyl groups is 1. The molecule has 0 saturated carbocycles. The second-order valence-corrected chi connectivity index (χ2v) is 2.46. The molecule has 0 aromatic carbocycles. The average molecular weight is 206 g/mol. The minimum Gasteiger partial charge on any atom is -0.382 e. The molecule has 0 aliphatic heterocycles. The van der Waals surface area contributed by atoms with E-state index in [2.05, 4.69) is 10.1 Å². The van der Waals surface area contributed by atoms with E-state index >= 15 is 0 Å². The number of nitrogens with zero attached hydrogens (tertiary/aromatic N) is 4. The number of halogens is 3. The molecule has 1 N–H and O–H groups in total. The van der Waals surface area contributed by atoms with Crippen molar-refractivity contribution in [2.75, 3.05) is 0 Å². The minimum absolute atomic E-state index is 0.237. The van der Waals surface area contributed by atoms with Crippen LogP contribution in [0.4, 0.5) is 13.2 Å². The smallest absolute Gasteiger partial charge is 0.382 e. The molecule has 0 aliphatic carbocycles. The van der Waals surface area contributed by atoms with Crippen LogP contribution in [0.1, 0.15) is 5.82 Å². The molecule has 0 amide bonds. The molecule has 1 aromatic rings. The Morgan fingerprint density at radius 3 is 2.71 bits per heavy atom. The Morgan fingerprint density at radius 2 is 2.29 bits per heavy atom. The molecular formula is C6H5F3N4O. The van der Waals surface area contributed by atoms with E-state index in [1.165, 1.54) is 0 Å². The minimum atomic E-state index is -4.70. The van der Waals surface area contributed by atoms with Gasteiger partial charge in [0.2, 0.25) is 0 Å². The number of aromatic nitrogens is 3. The molecular weight excluding hydrogens is 201 g/mol. The van der Waals surface area contributed by atoms with Crippen LogP contribution >= 0.6 is 0 Å². The summed E-state index contributed by atoms with van der Waals surface area (Å²) in [5.74, 6) is -0.237. The highest BCUT2D eigenvalue weighted by Gasteiger charge is 2.38. The van der Waals surface area contributed by atoms with Gasteiger partial charge in [-0.25, -0.2) is 9.67 Å². The number of rotatable bonds is 2. The third kappa shape index (κ3) is 2.43. The van der Waals surface area contributed by atoms with Crippen LogP contribution in [0.3, 0.4) is 0 Å². The molecule has 5 nitrogen and oxygen atoms in total. The first-order valence-corrected chi connectivity index (χ1v) is 3.48. The summed E-state index contributed by atoms with van der Waals surface area (Å²) in [4.78, 5) is 3.38. The van der Waals surface area contributed by atoms with Crippen molar-refractivity contribution in [2.24, 2.45) is 0 Å². The Bertz CT molecular complexity index is 353. The molecule has 1 heterocycles. The Kier molecular flexibility index (Phi) is 2.71. The Morgan fingerprint density at radius 1 is 1.64 bits per heavy atom. The van der Waals surface area contributed by atoms with Crippen LogP contribution in [-0.2, 0) is 6.54 Å². The Hall–Kier alpha value is -1.62. The molecule has 0 fully saturated rings. The summed E-state index contributed by atoms with van der Waals surface area (Å²) >= 11 is 0. The summed E-state index contributed by atoms with van der Waals surface area (Å²) in [5.41, 5.74) is 0. The van der Waals surface area contributed by atoms with E-state index in [0.29, 0.717) is 0 Å². The fraction of sp³-hybridized carbons (Fsp3) is 0.500. The van der Waals surface area contributed by atoms with Crippen LogP contribution in [0.25, 0.3) is 0 Å². The number of hydrogen-bond acceptors (Lipinski definition) is 4. The van der Waals surface area contributed by atoms with Gasteiger partial charge in [0.05, 0.1) is 6.54 Å². The highest BCUT2D eigenvalue weighted by Crippen LogP contribution is 2.20. The van der Waals surface area contributed by atoms with Crippen molar-refractivity contribution in [3.05, 3.63) is 12.2 Å². The Labute approximate surface area is 76.4 Å². The van der Waals surface area contributed by atoms with Gasteiger partial charge >= 0.3 is 6.18 Å². The van der Waals surface area contributed by atoms with E-state index in [-0.39, 0.29) is 5.82 Å². The largest absolute Gasteiger partial charge is 0.416 e. The van der Waals surface area contributed by atoms with Gasteiger partial charge in [0.15, 0.2) is 6.10 Å². The highest BCUT2D eigenvalue weighted by molar-refractivity contribution is 5.05. The molecule has 14 heavy (non-hydrogen) atoms. The Balaban J connectivity index is 2.66. The van der Waals surface area contributed by atoms with Crippen molar-refractivity contribution in [1.82, 2.24) is 14.8 Å². The topological polar surface area (TPSA) is 74.7 Å². The van der Waals surface area contributed by atoms with E-state index in [0.717, 1.165) is 11.0 Å². The van der Waals surface area contributed by atoms with E-state index in [9.17, 15) is 13.2 Å². The zero-order valence-electron chi connectivity index (χ0n) is 6.73. The number of nitriles is 1. The lowest BCUT2D eigenvalue weighted by Gasteiger charge is -2.13. The summed E-state index contributed by atoms with van der Waals surface area (Å²) in [5, 5.41) is 20.3. The van der Waals surface area contributed by atoms with Gasteiger partial charge in [-0.2, -0.15) is 18.4 Å². The zero-order chi connectivity index (χ0) is 10.8. The van der Waals surface area contributed by atoms with Gasteiger partial charge in [0.25, 0.3) is 5.82 Å². The predicted octanol–water partition coefficient (Wildman–Crippen LogP) is 0.0730. The van der Waals surface area contributed by atoms with Crippen molar-refractivity contribution >= 4 is 0 Å². The van der Waals surface area contributed by atoms with E-state index in [1.54, 1.807) is 6.07 Å². The molecule has 0 bridgehead atoms. The molecule has 76 valence electrons. The predicted molar refractivity (Wildman–Crippen MR) is 36.8 cm³/mol. The number of aliphatic hydroxyl groups excluding tert-OH is 1. The molecule has 1 atom stereocenters. The van der Waals surface area contributed by atoms with Crippen LogP contribution in [0.5, 0.6) is 0 Å². The summed E-state index contributed by atoms with van der Waals surface area (Å²) in [6.45, 7) is -0.766. The fourth-order valence-electron chi connectivity index (χ4n) is 0.715. The molecule has 1 unspecified atom stereocenters. The summed E-state index contributed by atoms with van der Waals surface area (Å²) < 4.78 is 36.3. The first-order chi connectivity index (χ1) is 6.43. The van der Waals surface area contributed by atoms with E-state index in [4.69, 9.17) is 10.4 Å². The first-order valence-electron chi connectivity index (χ1n) is 3.48. The lowest BCUT2D eigenvalue weighted by atomic mass is 10.3. The van der Waals surface area contributed by atoms with Crippen LogP contribution in [-0.4, -0.2) is 32.2 Å². The molecule has 1 rings (SSSR count). The van der Waals surface area contributed by atoms with Gasteiger partial charge in [0, 0.05) is 0 Å². The number of alkyl halides is 3. The van der Waals surface area contributed by atoms with Crippen LogP contribution in [0.15, 0.2) is 6.33 Å². The van der Waals surface area contributed by atoms with Crippen molar-refractivity contribution < 1.29 is 18.3 Å². The van der Waals surface area contributed by atoms with Gasteiger partial charge in [-0.3, -0.25) is 0 Å². The molecule has 0 spiro atoms. The lowest BCUT2D eigenvalue weighted by Crippen LogP contribution is -2.32. The summed E-state index contributed by atoms with van der Waals surface area (Å²) in [7, 11) is 0. The molecule has 0 saturated heterocycles. The lowest BCUT2D eigenvalue weighted by molar-refractivity contribution is -0.208. The molecule has 1 aromatic heterocycles. The molecule has 0 aliphatic rings. The summed E-state index contributed by atoms with van der Waals surface area (Å²) in [6.07, 6.45) is -6.25. The van der Waals surface area contributed by atoms with E-state index < -0.39 is 18.8 Å². The SMILES string of the molecule is N#Cc1ncn(CC(O)C(F)(F)F)n1. The summed E-state index contributed by atoms with van der Waals surface area (Å²) in [6, 6.07) is 1.55. The maximum Gasteiger partial charge on any atom is 0.416 e. The van der Waals surface area contributed by atoms with Gasteiger partial charge in [-0.05, 0) is 0 Å². The average Bonchev–Trinajstić information content (AvgIpc) is 2.50. The van der Waals surface area contributed by atoms with Crippen LogP contribution < -0.4 is 0 Å².